The summed E-state index contributed by atoms with van der Waals surface area (Å²) in [7, 11) is 0. The topological polar surface area (TPSA) is 108 Å². The van der Waals surface area contributed by atoms with Crippen LogP contribution in [0.3, 0.4) is 0 Å². The third-order valence-corrected chi connectivity index (χ3v) is 4.49. The van der Waals surface area contributed by atoms with E-state index in [-0.39, 0.29) is 5.92 Å². The normalized spacial score (nSPS) is 11.9. The highest BCUT2D eigenvalue weighted by Gasteiger charge is 2.15. The molecular formula is C21H22N4O. The van der Waals surface area contributed by atoms with Crippen LogP contribution in [-0.4, -0.2) is 17.4 Å². The van der Waals surface area contributed by atoms with Crippen molar-refractivity contribution in [3.63, 3.8) is 0 Å². The number of nitrogens with two attached hydrogens (primary N) is 3. The molecular weight excluding hydrogens is 324 g/mol. The summed E-state index contributed by atoms with van der Waals surface area (Å²) in [5.74, 6) is -0.428. The van der Waals surface area contributed by atoms with Crippen molar-refractivity contribution < 1.29 is 4.79 Å². The van der Waals surface area contributed by atoms with E-state index < -0.39 is 5.91 Å². The van der Waals surface area contributed by atoms with Crippen LogP contribution < -0.4 is 17.2 Å². The van der Waals surface area contributed by atoms with Gasteiger partial charge in [-0.05, 0) is 46.5 Å². The Labute approximate surface area is 152 Å². The SMILES string of the molecule is NCc1ccc(C(CN)c2cc(-c3ccc(C(N)=O)cc3)ccn2)cc1. The van der Waals surface area contributed by atoms with Gasteiger partial charge >= 0.3 is 0 Å². The maximum absolute atomic E-state index is 11.2. The lowest BCUT2D eigenvalue weighted by Gasteiger charge is -2.16. The molecule has 0 saturated carbocycles. The molecule has 0 fully saturated rings. The number of aromatic nitrogens is 1. The summed E-state index contributed by atoms with van der Waals surface area (Å²) < 4.78 is 0. The van der Waals surface area contributed by atoms with Gasteiger partial charge in [-0.2, -0.15) is 0 Å². The molecule has 3 rings (SSSR count). The van der Waals surface area contributed by atoms with Crippen LogP contribution in [0, 0.1) is 0 Å². The lowest BCUT2D eigenvalue weighted by Crippen LogP contribution is -2.15. The first kappa shape index (κ1) is 17.8. The number of nitrogens with zero attached hydrogens (tertiary/aromatic N) is 1. The number of carbonyl (C=O) groups is 1. The number of carbonyl (C=O) groups excluding carboxylic acids is 1. The Hall–Kier alpha value is -3.02. The molecule has 5 heteroatoms. The van der Waals surface area contributed by atoms with Crippen LogP contribution in [-0.2, 0) is 6.54 Å². The molecule has 26 heavy (non-hydrogen) atoms. The molecule has 5 nitrogen and oxygen atoms in total. The predicted molar refractivity (Wildman–Crippen MR) is 103 cm³/mol. The monoisotopic (exact) mass is 346 g/mol. The van der Waals surface area contributed by atoms with Crippen molar-refractivity contribution in [3.8, 4) is 11.1 Å². The van der Waals surface area contributed by atoms with Gasteiger partial charge in [0.2, 0.25) is 5.91 Å². The quantitative estimate of drug-likeness (QED) is 0.637. The summed E-state index contributed by atoms with van der Waals surface area (Å²) in [6.07, 6.45) is 1.78. The van der Waals surface area contributed by atoms with Crippen LogP contribution in [0.25, 0.3) is 11.1 Å². The average molecular weight is 346 g/mol. The molecule has 0 aliphatic rings. The van der Waals surface area contributed by atoms with Crippen LogP contribution in [0.15, 0.2) is 66.9 Å². The molecule has 1 atom stereocenters. The van der Waals surface area contributed by atoms with Gasteiger partial charge in [0.25, 0.3) is 0 Å². The van der Waals surface area contributed by atoms with Gasteiger partial charge in [0.1, 0.15) is 0 Å². The maximum Gasteiger partial charge on any atom is 0.248 e. The van der Waals surface area contributed by atoms with Crippen LogP contribution in [0.1, 0.15) is 33.1 Å². The van der Waals surface area contributed by atoms with Crippen molar-refractivity contribution in [1.82, 2.24) is 4.98 Å². The van der Waals surface area contributed by atoms with Gasteiger partial charge in [0.05, 0.1) is 0 Å². The summed E-state index contributed by atoms with van der Waals surface area (Å²) in [6.45, 7) is 0.974. The minimum absolute atomic E-state index is 0.00617. The summed E-state index contributed by atoms with van der Waals surface area (Å²) in [5.41, 5.74) is 22.6. The van der Waals surface area contributed by atoms with E-state index in [2.05, 4.69) is 17.1 Å². The van der Waals surface area contributed by atoms with Gasteiger partial charge in [-0.15, -0.1) is 0 Å². The average Bonchev–Trinajstić information content (AvgIpc) is 2.69. The lowest BCUT2D eigenvalue weighted by atomic mass is 9.92. The fourth-order valence-electron chi connectivity index (χ4n) is 2.96. The first-order valence-corrected chi connectivity index (χ1v) is 8.47. The Morgan fingerprint density at radius 3 is 2.19 bits per heavy atom. The molecule has 3 aromatic rings. The van der Waals surface area contributed by atoms with Crippen LogP contribution in [0.5, 0.6) is 0 Å². The second kappa shape index (κ2) is 7.91. The Morgan fingerprint density at radius 2 is 1.62 bits per heavy atom. The molecule has 6 N–H and O–H groups in total. The first-order valence-electron chi connectivity index (χ1n) is 8.47. The number of benzene rings is 2. The highest BCUT2D eigenvalue weighted by Crippen LogP contribution is 2.27. The van der Waals surface area contributed by atoms with Gasteiger partial charge in [-0.1, -0.05) is 36.4 Å². The number of amides is 1. The summed E-state index contributed by atoms with van der Waals surface area (Å²) >= 11 is 0. The Morgan fingerprint density at radius 1 is 0.923 bits per heavy atom. The molecule has 132 valence electrons. The molecule has 0 aliphatic heterocycles. The van der Waals surface area contributed by atoms with Gasteiger partial charge in [-0.25, -0.2) is 0 Å². The van der Waals surface area contributed by atoms with Crippen molar-refractivity contribution >= 4 is 5.91 Å². The van der Waals surface area contributed by atoms with Crippen molar-refractivity contribution in [2.24, 2.45) is 17.2 Å². The van der Waals surface area contributed by atoms with E-state index in [1.165, 1.54) is 0 Å². The number of primary amides is 1. The number of hydrogen-bond acceptors (Lipinski definition) is 4. The van der Waals surface area contributed by atoms with Crippen LogP contribution in [0.2, 0.25) is 0 Å². The number of rotatable bonds is 6. The van der Waals surface area contributed by atoms with E-state index in [4.69, 9.17) is 17.2 Å². The van der Waals surface area contributed by atoms with E-state index in [9.17, 15) is 4.79 Å². The Balaban J connectivity index is 1.92. The molecule has 1 heterocycles. The molecule has 0 saturated heterocycles. The third-order valence-electron chi connectivity index (χ3n) is 4.49. The van der Waals surface area contributed by atoms with E-state index in [1.807, 2.05) is 36.4 Å². The fraction of sp³-hybridized carbons (Fsp3) is 0.143. The molecule has 1 aromatic heterocycles. The molecule has 0 radical (unpaired) electrons. The van der Waals surface area contributed by atoms with Crippen LogP contribution >= 0.6 is 0 Å². The first-order chi connectivity index (χ1) is 12.6. The van der Waals surface area contributed by atoms with Gasteiger partial charge in [0, 0.05) is 36.5 Å². The minimum atomic E-state index is -0.434. The summed E-state index contributed by atoms with van der Waals surface area (Å²) in [5, 5.41) is 0. The highest BCUT2D eigenvalue weighted by molar-refractivity contribution is 5.93. The smallest absolute Gasteiger partial charge is 0.248 e. The summed E-state index contributed by atoms with van der Waals surface area (Å²) in [6, 6.07) is 19.3. The van der Waals surface area contributed by atoms with Gasteiger partial charge < -0.3 is 17.2 Å². The van der Waals surface area contributed by atoms with E-state index in [0.717, 1.165) is 27.9 Å². The fourth-order valence-corrected chi connectivity index (χ4v) is 2.96. The zero-order valence-corrected chi connectivity index (χ0v) is 14.4. The lowest BCUT2D eigenvalue weighted by molar-refractivity contribution is 0.100. The molecule has 0 spiro atoms. The molecule has 2 aromatic carbocycles. The molecule has 1 amide bonds. The second-order valence-electron chi connectivity index (χ2n) is 6.14. The zero-order chi connectivity index (χ0) is 18.5. The Bertz CT molecular complexity index is 889. The van der Waals surface area contributed by atoms with E-state index in [1.54, 1.807) is 18.3 Å². The van der Waals surface area contributed by atoms with Crippen molar-refractivity contribution in [1.29, 1.82) is 0 Å². The number of pyridine rings is 1. The predicted octanol–water partition coefficient (Wildman–Crippen LogP) is 2.40. The second-order valence-corrected chi connectivity index (χ2v) is 6.14. The number of hydrogen-bond donors (Lipinski definition) is 3. The van der Waals surface area contributed by atoms with Gasteiger partial charge in [0.15, 0.2) is 0 Å². The van der Waals surface area contributed by atoms with Crippen molar-refractivity contribution in [3.05, 3.63) is 89.2 Å². The van der Waals surface area contributed by atoms with Crippen LogP contribution in [0.4, 0.5) is 0 Å². The molecule has 1 unspecified atom stereocenters. The van der Waals surface area contributed by atoms with E-state index >= 15 is 0 Å². The maximum atomic E-state index is 11.2. The van der Waals surface area contributed by atoms with E-state index in [0.29, 0.717) is 18.7 Å². The van der Waals surface area contributed by atoms with Gasteiger partial charge in [-0.3, -0.25) is 9.78 Å². The highest BCUT2D eigenvalue weighted by atomic mass is 16.1. The zero-order valence-electron chi connectivity index (χ0n) is 14.4. The minimum Gasteiger partial charge on any atom is -0.366 e. The van der Waals surface area contributed by atoms with Crippen molar-refractivity contribution in [2.75, 3.05) is 6.54 Å². The Kier molecular flexibility index (Phi) is 5.41. The molecule has 0 aliphatic carbocycles. The molecule has 0 bridgehead atoms. The largest absolute Gasteiger partial charge is 0.366 e. The standard InChI is InChI=1S/C21H22N4O/c22-12-14-1-3-16(4-2-14)19(13-23)20-11-18(9-10-25-20)15-5-7-17(8-6-15)21(24)26/h1-11,19H,12-13,22-23H2,(H2,24,26). The van der Waals surface area contributed by atoms with Crippen molar-refractivity contribution in [2.45, 2.75) is 12.5 Å². The third kappa shape index (κ3) is 3.79. The summed E-state index contributed by atoms with van der Waals surface area (Å²) in [4.78, 5) is 15.7.